The summed E-state index contributed by atoms with van der Waals surface area (Å²) in [6.07, 6.45) is 0.820. The minimum absolute atomic E-state index is 0.0165. The molecule has 0 amide bonds. The molecule has 0 bridgehead atoms. The lowest BCUT2D eigenvalue weighted by Crippen LogP contribution is -2.10. The van der Waals surface area contributed by atoms with Crippen LogP contribution in [0.25, 0.3) is 0 Å². The van der Waals surface area contributed by atoms with Crippen molar-refractivity contribution < 1.29 is 5.11 Å². The Morgan fingerprint density at radius 3 is 2.58 bits per heavy atom. The molecule has 2 N–H and O–H groups in total. The largest absolute Gasteiger partial charge is 0.508 e. The molecule has 0 fully saturated rings. The summed E-state index contributed by atoms with van der Waals surface area (Å²) in [7, 11) is 0. The summed E-state index contributed by atoms with van der Waals surface area (Å²) >= 11 is 12.1. The Balaban J connectivity index is 2.29. The van der Waals surface area contributed by atoms with Crippen LogP contribution in [0.3, 0.4) is 0 Å². The first kappa shape index (κ1) is 14.0. The quantitative estimate of drug-likeness (QED) is 0.806. The van der Waals surface area contributed by atoms with E-state index in [0.29, 0.717) is 10.0 Å². The second kappa shape index (κ2) is 6.18. The standard InChI is InChI=1S/C15H15Cl2NO/c1-2-13(11-5-3-4-6-15(11)19)18-14-9-10(16)7-8-12(14)17/h3-9,13,18-19H,2H2,1H3. The summed E-state index contributed by atoms with van der Waals surface area (Å²) in [4.78, 5) is 0. The Labute approximate surface area is 123 Å². The van der Waals surface area contributed by atoms with Crippen molar-refractivity contribution >= 4 is 28.9 Å². The third-order valence-corrected chi connectivity index (χ3v) is 3.54. The maximum Gasteiger partial charge on any atom is 0.120 e. The average molecular weight is 296 g/mol. The van der Waals surface area contributed by atoms with Crippen molar-refractivity contribution in [2.45, 2.75) is 19.4 Å². The van der Waals surface area contributed by atoms with E-state index in [4.69, 9.17) is 23.2 Å². The van der Waals surface area contributed by atoms with E-state index in [1.54, 1.807) is 30.3 Å². The minimum atomic E-state index is -0.0165. The van der Waals surface area contributed by atoms with Gasteiger partial charge in [0.1, 0.15) is 5.75 Å². The minimum Gasteiger partial charge on any atom is -0.508 e. The van der Waals surface area contributed by atoms with Gasteiger partial charge in [0.15, 0.2) is 0 Å². The summed E-state index contributed by atoms with van der Waals surface area (Å²) in [5.74, 6) is 0.278. The van der Waals surface area contributed by atoms with E-state index in [1.807, 2.05) is 19.1 Å². The number of aromatic hydroxyl groups is 1. The summed E-state index contributed by atoms with van der Waals surface area (Å²) in [6, 6.07) is 12.6. The normalized spacial score (nSPS) is 12.2. The lowest BCUT2D eigenvalue weighted by molar-refractivity contribution is 0.463. The molecule has 2 aromatic rings. The third kappa shape index (κ3) is 3.34. The predicted octanol–water partition coefficient (Wildman–Crippen LogP) is 5.26. The SMILES string of the molecule is CCC(Nc1cc(Cl)ccc1Cl)c1ccccc1O. The van der Waals surface area contributed by atoms with Gasteiger partial charge in [0, 0.05) is 10.6 Å². The van der Waals surface area contributed by atoms with Crippen LogP contribution in [-0.4, -0.2) is 5.11 Å². The molecule has 1 unspecified atom stereocenters. The number of hydrogen-bond acceptors (Lipinski definition) is 2. The van der Waals surface area contributed by atoms with Gasteiger partial charge in [-0.1, -0.05) is 48.3 Å². The molecule has 0 heterocycles. The van der Waals surface area contributed by atoms with E-state index in [1.165, 1.54) is 0 Å². The number of hydrogen-bond donors (Lipinski definition) is 2. The van der Waals surface area contributed by atoms with Crippen LogP contribution in [0, 0.1) is 0 Å². The number of para-hydroxylation sites is 1. The number of benzene rings is 2. The van der Waals surface area contributed by atoms with Gasteiger partial charge in [-0.15, -0.1) is 0 Å². The van der Waals surface area contributed by atoms with Gasteiger partial charge in [-0.2, -0.15) is 0 Å². The van der Waals surface area contributed by atoms with Gasteiger partial charge in [0.25, 0.3) is 0 Å². The van der Waals surface area contributed by atoms with Crippen molar-refractivity contribution in [2.24, 2.45) is 0 Å². The summed E-state index contributed by atoms with van der Waals surface area (Å²) < 4.78 is 0. The Kier molecular flexibility index (Phi) is 4.56. The van der Waals surface area contributed by atoms with E-state index < -0.39 is 0 Å². The summed E-state index contributed by atoms with van der Waals surface area (Å²) in [5.41, 5.74) is 1.62. The lowest BCUT2D eigenvalue weighted by atomic mass is 10.0. The maximum absolute atomic E-state index is 9.91. The lowest BCUT2D eigenvalue weighted by Gasteiger charge is -2.20. The molecule has 0 aliphatic rings. The highest BCUT2D eigenvalue weighted by molar-refractivity contribution is 6.35. The number of nitrogens with one attached hydrogen (secondary N) is 1. The topological polar surface area (TPSA) is 32.3 Å². The molecule has 1 atom stereocenters. The highest BCUT2D eigenvalue weighted by Gasteiger charge is 2.14. The molecular formula is C15H15Cl2NO. The predicted molar refractivity (Wildman–Crippen MR) is 81.2 cm³/mol. The molecule has 2 rings (SSSR count). The summed E-state index contributed by atoms with van der Waals surface area (Å²) in [5, 5.41) is 14.5. The molecule has 0 saturated heterocycles. The van der Waals surface area contributed by atoms with Crippen LogP contribution in [0.5, 0.6) is 5.75 Å². The number of phenolic OH excluding ortho intramolecular Hbond substituents is 1. The molecule has 0 radical (unpaired) electrons. The van der Waals surface area contributed by atoms with Gasteiger partial charge < -0.3 is 10.4 Å². The van der Waals surface area contributed by atoms with Crippen LogP contribution in [0.1, 0.15) is 24.9 Å². The molecule has 2 aromatic carbocycles. The zero-order valence-electron chi connectivity index (χ0n) is 10.5. The first-order valence-corrected chi connectivity index (χ1v) is 6.87. The van der Waals surface area contributed by atoms with Crippen molar-refractivity contribution in [3.63, 3.8) is 0 Å². The maximum atomic E-state index is 9.91. The van der Waals surface area contributed by atoms with Gasteiger partial charge in [-0.25, -0.2) is 0 Å². The van der Waals surface area contributed by atoms with Crippen LogP contribution < -0.4 is 5.32 Å². The van der Waals surface area contributed by atoms with Crippen LogP contribution >= 0.6 is 23.2 Å². The fraction of sp³-hybridized carbons (Fsp3) is 0.200. The molecule has 0 aliphatic carbocycles. The monoisotopic (exact) mass is 295 g/mol. The highest BCUT2D eigenvalue weighted by Crippen LogP contribution is 2.33. The molecule has 100 valence electrons. The Bertz CT molecular complexity index is 572. The molecule has 0 spiro atoms. The van der Waals surface area contributed by atoms with Crippen LogP contribution in [-0.2, 0) is 0 Å². The third-order valence-electron chi connectivity index (χ3n) is 2.98. The van der Waals surface area contributed by atoms with Gasteiger partial charge in [-0.3, -0.25) is 0 Å². The molecule has 0 saturated carbocycles. The first-order valence-electron chi connectivity index (χ1n) is 6.11. The number of rotatable bonds is 4. The Morgan fingerprint density at radius 1 is 1.16 bits per heavy atom. The zero-order chi connectivity index (χ0) is 13.8. The first-order chi connectivity index (χ1) is 9.11. The smallest absolute Gasteiger partial charge is 0.120 e. The molecule has 0 aromatic heterocycles. The molecule has 19 heavy (non-hydrogen) atoms. The average Bonchev–Trinajstić information content (AvgIpc) is 2.41. The number of phenols is 1. The molecule has 0 aliphatic heterocycles. The van der Waals surface area contributed by atoms with Gasteiger partial charge in [0.05, 0.1) is 16.8 Å². The second-order valence-corrected chi connectivity index (χ2v) is 5.13. The molecular weight excluding hydrogens is 281 g/mol. The van der Waals surface area contributed by atoms with E-state index in [0.717, 1.165) is 17.7 Å². The van der Waals surface area contributed by atoms with Crippen molar-refractivity contribution in [1.82, 2.24) is 0 Å². The Morgan fingerprint density at radius 2 is 1.89 bits per heavy atom. The van der Waals surface area contributed by atoms with Gasteiger partial charge in [-0.05, 0) is 30.7 Å². The van der Waals surface area contributed by atoms with Gasteiger partial charge in [0.2, 0.25) is 0 Å². The fourth-order valence-corrected chi connectivity index (χ4v) is 2.32. The van der Waals surface area contributed by atoms with Crippen LogP contribution in [0.4, 0.5) is 5.69 Å². The second-order valence-electron chi connectivity index (χ2n) is 4.29. The van der Waals surface area contributed by atoms with Crippen molar-refractivity contribution in [2.75, 3.05) is 5.32 Å². The number of halogens is 2. The van der Waals surface area contributed by atoms with E-state index in [9.17, 15) is 5.11 Å². The van der Waals surface area contributed by atoms with E-state index in [2.05, 4.69) is 5.32 Å². The van der Waals surface area contributed by atoms with Crippen LogP contribution in [0.15, 0.2) is 42.5 Å². The van der Waals surface area contributed by atoms with Crippen LogP contribution in [0.2, 0.25) is 10.0 Å². The Hall–Kier alpha value is -1.38. The van der Waals surface area contributed by atoms with Crippen molar-refractivity contribution in [3.8, 4) is 5.75 Å². The summed E-state index contributed by atoms with van der Waals surface area (Å²) in [6.45, 7) is 2.04. The fourth-order valence-electron chi connectivity index (χ4n) is 1.98. The molecule has 4 heteroatoms. The highest BCUT2D eigenvalue weighted by atomic mass is 35.5. The zero-order valence-corrected chi connectivity index (χ0v) is 12.0. The van der Waals surface area contributed by atoms with Crippen molar-refractivity contribution in [1.29, 1.82) is 0 Å². The van der Waals surface area contributed by atoms with Gasteiger partial charge >= 0.3 is 0 Å². The molecule has 2 nitrogen and oxygen atoms in total. The van der Waals surface area contributed by atoms with Crippen molar-refractivity contribution in [3.05, 3.63) is 58.1 Å². The van der Waals surface area contributed by atoms with E-state index in [-0.39, 0.29) is 11.8 Å². The van der Waals surface area contributed by atoms with E-state index >= 15 is 0 Å². The number of anilines is 1.